The van der Waals surface area contributed by atoms with Crippen LogP contribution < -0.4 is 11.1 Å². The second-order valence-corrected chi connectivity index (χ2v) is 5.83. The SMILES string of the molecule is CCC(C)CN(C)CCCC(=O)Nc1ccc(CN)cc1. The summed E-state index contributed by atoms with van der Waals surface area (Å²) in [5.41, 5.74) is 7.45. The summed E-state index contributed by atoms with van der Waals surface area (Å²) < 4.78 is 0. The quantitative estimate of drug-likeness (QED) is 0.735. The zero-order valence-corrected chi connectivity index (χ0v) is 13.6. The first-order chi connectivity index (χ1) is 10.0. The highest BCUT2D eigenvalue weighted by molar-refractivity contribution is 5.90. The maximum atomic E-state index is 11.9. The Hall–Kier alpha value is -1.39. The average Bonchev–Trinajstić information content (AvgIpc) is 2.47. The van der Waals surface area contributed by atoms with E-state index >= 15 is 0 Å². The monoisotopic (exact) mass is 291 g/mol. The summed E-state index contributed by atoms with van der Waals surface area (Å²) in [4.78, 5) is 14.2. The van der Waals surface area contributed by atoms with E-state index in [-0.39, 0.29) is 5.91 Å². The van der Waals surface area contributed by atoms with Crippen LogP contribution in [-0.4, -0.2) is 30.9 Å². The second kappa shape index (κ2) is 9.53. The Bertz CT molecular complexity index is 417. The highest BCUT2D eigenvalue weighted by Crippen LogP contribution is 2.10. The van der Waals surface area contributed by atoms with E-state index in [4.69, 9.17) is 5.73 Å². The minimum absolute atomic E-state index is 0.0763. The Kier molecular flexibility index (Phi) is 8.01. The summed E-state index contributed by atoms with van der Waals surface area (Å²) in [5, 5.41) is 2.92. The molecule has 0 radical (unpaired) electrons. The van der Waals surface area contributed by atoms with Crippen LogP contribution in [0.15, 0.2) is 24.3 Å². The van der Waals surface area contributed by atoms with Crippen LogP contribution in [0.3, 0.4) is 0 Å². The molecule has 0 aromatic heterocycles. The van der Waals surface area contributed by atoms with Crippen molar-refractivity contribution in [2.45, 2.75) is 39.7 Å². The highest BCUT2D eigenvalue weighted by Gasteiger charge is 2.06. The van der Waals surface area contributed by atoms with Gasteiger partial charge in [-0.1, -0.05) is 32.4 Å². The fourth-order valence-corrected chi connectivity index (χ4v) is 2.21. The largest absolute Gasteiger partial charge is 0.326 e. The van der Waals surface area contributed by atoms with Crippen molar-refractivity contribution in [3.8, 4) is 0 Å². The lowest BCUT2D eigenvalue weighted by molar-refractivity contribution is -0.116. The third-order valence-corrected chi connectivity index (χ3v) is 3.74. The van der Waals surface area contributed by atoms with Crippen LogP contribution in [0.5, 0.6) is 0 Å². The molecule has 21 heavy (non-hydrogen) atoms. The van der Waals surface area contributed by atoms with Gasteiger partial charge in [0.15, 0.2) is 0 Å². The first kappa shape index (κ1) is 17.7. The lowest BCUT2D eigenvalue weighted by Crippen LogP contribution is -2.26. The number of nitrogens with two attached hydrogens (primary N) is 1. The normalized spacial score (nSPS) is 12.4. The van der Waals surface area contributed by atoms with Gasteiger partial charge in [0.25, 0.3) is 0 Å². The molecule has 0 bridgehead atoms. The van der Waals surface area contributed by atoms with E-state index in [1.54, 1.807) is 0 Å². The predicted octanol–water partition coefficient (Wildman–Crippen LogP) is 2.84. The van der Waals surface area contributed by atoms with Gasteiger partial charge < -0.3 is 16.0 Å². The van der Waals surface area contributed by atoms with Gasteiger partial charge in [0.2, 0.25) is 5.91 Å². The van der Waals surface area contributed by atoms with Crippen LogP contribution in [0.2, 0.25) is 0 Å². The number of rotatable bonds is 9. The summed E-state index contributed by atoms with van der Waals surface area (Å²) >= 11 is 0. The van der Waals surface area contributed by atoms with Crippen molar-refractivity contribution in [3.63, 3.8) is 0 Å². The molecule has 1 rings (SSSR count). The summed E-state index contributed by atoms with van der Waals surface area (Å²) in [6, 6.07) is 7.68. The average molecular weight is 291 g/mol. The van der Waals surface area contributed by atoms with Crippen molar-refractivity contribution in [2.24, 2.45) is 11.7 Å². The summed E-state index contributed by atoms with van der Waals surface area (Å²) in [5.74, 6) is 0.789. The number of amides is 1. The molecule has 4 nitrogen and oxygen atoms in total. The first-order valence-corrected chi connectivity index (χ1v) is 7.82. The predicted molar refractivity (Wildman–Crippen MR) is 89.1 cm³/mol. The fourth-order valence-electron chi connectivity index (χ4n) is 2.21. The Morgan fingerprint density at radius 1 is 1.33 bits per heavy atom. The zero-order valence-electron chi connectivity index (χ0n) is 13.6. The molecule has 3 N–H and O–H groups in total. The number of carbonyl (C=O) groups is 1. The number of benzene rings is 1. The summed E-state index contributed by atoms with van der Waals surface area (Å²) in [7, 11) is 2.12. The van der Waals surface area contributed by atoms with E-state index in [2.05, 4.69) is 31.1 Å². The van der Waals surface area contributed by atoms with Gasteiger partial charge in [-0.2, -0.15) is 0 Å². The van der Waals surface area contributed by atoms with Crippen LogP contribution in [-0.2, 0) is 11.3 Å². The maximum Gasteiger partial charge on any atom is 0.224 e. The van der Waals surface area contributed by atoms with E-state index in [0.717, 1.165) is 30.8 Å². The molecule has 0 fully saturated rings. The van der Waals surface area contributed by atoms with E-state index in [1.807, 2.05) is 24.3 Å². The summed E-state index contributed by atoms with van der Waals surface area (Å²) in [6.45, 7) is 7.05. The standard InChI is InChI=1S/C17H29N3O/c1-4-14(2)13-20(3)11-5-6-17(21)19-16-9-7-15(12-18)8-10-16/h7-10,14H,4-6,11-13,18H2,1-3H3,(H,19,21). The molecule has 0 aliphatic heterocycles. The van der Waals surface area contributed by atoms with Gasteiger partial charge in [-0.15, -0.1) is 0 Å². The first-order valence-electron chi connectivity index (χ1n) is 7.82. The highest BCUT2D eigenvalue weighted by atomic mass is 16.1. The van der Waals surface area contributed by atoms with Gasteiger partial charge in [-0.05, 0) is 43.6 Å². The molecule has 0 saturated heterocycles. The Morgan fingerprint density at radius 2 is 2.00 bits per heavy atom. The van der Waals surface area contributed by atoms with Crippen molar-refractivity contribution in [1.82, 2.24) is 4.90 Å². The van der Waals surface area contributed by atoms with E-state index in [9.17, 15) is 4.79 Å². The van der Waals surface area contributed by atoms with Crippen molar-refractivity contribution >= 4 is 11.6 Å². The molecule has 1 atom stereocenters. The number of hydrogen-bond donors (Lipinski definition) is 2. The molecule has 1 aromatic carbocycles. The van der Waals surface area contributed by atoms with E-state index in [1.165, 1.54) is 6.42 Å². The van der Waals surface area contributed by atoms with Gasteiger partial charge >= 0.3 is 0 Å². The van der Waals surface area contributed by atoms with Crippen LogP contribution in [0, 0.1) is 5.92 Å². The zero-order chi connectivity index (χ0) is 15.7. The van der Waals surface area contributed by atoms with E-state index in [0.29, 0.717) is 18.9 Å². The van der Waals surface area contributed by atoms with E-state index < -0.39 is 0 Å². The minimum Gasteiger partial charge on any atom is -0.326 e. The number of anilines is 1. The van der Waals surface area contributed by atoms with Gasteiger partial charge in [-0.25, -0.2) is 0 Å². The molecule has 1 amide bonds. The molecular weight excluding hydrogens is 262 g/mol. The second-order valence-electron chi connectivity index (χ2n) is 5.83. The van der Waals surface area contributed by atoms with Crippen LogP contribution in [0.4, 0.5) is 5.69 Å². The third kappa shape index (κ3) is 7.25. The topological polar surface area (TPSA) is 58.4 Å². The number of carbonyl (C=O) groups excluding carboxylic acids is 1. The lowest BCUT2D eigenvalue weighted by atomic mass is 10.1. The molecule has 118 valence electrons. The van der Waals surface area contributed by atoms with Crippen molar-refractivity contribution in [2.75, 3.05) is 25.5 Å². The van der Waals surface area contributed by atoms with Gasteiger partial charge in [-0.3, -0.25) is 4.79 Å². The summed E-state index contributed by atoms with van der Waals surface area (Å²) in [6.07, 6.45) is 2.65. The Morgan fingerprint density at radius 3 is 2.57 bits per heavy atom. The van der Waals surface area contributed by atoms with Crippen LogP contribution in [0.1, 0.15) is 38.7 Å². The van der Waals surface area contributed by atoms with Crippen LogP contribution in [0.25, 0.3) is 0 Å². The molecule has 0 heterocycles. The number of nitrogens with one attached hydrogen (secondary N) is 1. The van der Waals surface area contributed by atoms with Crippen molar-refractivity contribution < 1.29 is 4.79 Å². The third-order valence-electron chi connectivity index (χ3n) is 3.74. The van der Waals surface area contributed by atoms with Gasteiger partial charge in [0.05, 0.1) is 0 Å². The number of hydrogen-bond acceptors (Lipinski definition) is 3. The maximum absolute atomic E-state index is 11.9. The molecule has 1 unspecified atom stereocenters. The fraction of sp³-hybridized carbons (Fsp3) is 0.588. The molecular formula is C17H29N3O. The minimum atomic E-state index is 0.0763. The molecule has 0 aliphatic rings. The Labute approximate surface area is 128 Å². The lowest BCUT2D eigenvalue weighted by Gasteiger charge is -2.20. The smallest absolute Gasteiger partial charge is 0.224 e. The molecule has 0 spiro atoms. The van der Waals surface area contributed by atoms with Crippen molar-refractivity contribution in [3.05, 3.63) is 29.8 Å². The molecule has 0 saturated carbocycles. The molecule has 0 aliphatic carbocycles. The molecule has 4 heteroatoms. The van der Waals surface area contributed by atoms with Crippen LogP contribution >= 0.6 is 0 Å². The molecule has 1 aromatic rings. The van der Waals surface area contributed by atoms with Gasteiger partial charge in [0, 0.05) is 25.2 Å². The van der Waals surface area contributed by atoms with Gasteiger partial charge in [0.1, 0.15) is 0 Å². The number of nitrogens with zero attached hydrogens (tertiary/aromatic N) is 1. The Balaban J connectivity index is 2.24. The van der Waals surface area contributed by atoms with Crippen molar-refractivity contribution in [1.29, 1.82) is 0 Å².